The van der Waals surface area contributed by atoms with Crippen LogP contribution in [0.2, 0.25) is 0 Å². The van der Waals surface area contributed by atoms with E-state index in [1.165, 1.54) is 0 Å². The van der Waals surface area contributed by atoms with Crippen molar-refractivity contribution in [2.75, 3.05) is 24.5 Å². The summed E-state index contributed by atoms with van der Waals surface area (Å²) in [6.07, 6.45) is 4.94. The summed E-state index contributed by atoms with van der Waals surface area (Å²) in [5, 5.41) is 4.26. The second-order valence-corrected chi connectivity index (χ2v) is 7.18. The van der Waals surface area contributed by atoms with Crippen molar-refractivity contribution >= 4 is 23.4 Å². The van der Waals surface area contributed by atoms with E-state index in [9.17, 15) is 14.4 Å². The number of anilines is 1. The molecule has 0 radical (unpaired) electrons. The average molecular weight is 347 g/mol. The highest BCUT2D eigenvalue weighted by Crippen LogP contribution is 2.28. The number of aromatic nitrogens is 2. The molecular formula is C17H25N5O3. The SMILES string of the molecule is CC(C)n1cc(N2C[C@H](C(=O)N3CCC(C(N)=O)CC3)CC2=O)cn1. The van der Waals surface area contributed by atoms with Gasteiger partial charge in [-0.2, -0.15) is 5.10 Å². The molecule has 0 saturated carbocycles. The molecule has 2 aliphatic heterocycles. The van der Waals surface area contributed by atoms with Crippen molar-refractivity contribution in [3.63, 3.8) is 0 Å². The van der Waals surface area contributed by atoms with Crippen LogP contribution in [0.5, 0.6) is 0 Å². The number of piperidine rings is 1. The highest BCUT2D eigenvalue weighted by molar-refractivity contribution is 6.00. The van der Waals surface area contributed by atoms with Crippen LogP contribution in [-0.2, 0) is 14.4 Å². The molecule has 3 heterocycles. The number of carbonyl (C=O) groups excluding carboxylic acids is 3. The van der Waals surface area contributed by atoms with Crippen molar-refractivity contribution in [2.24, 2.45) is 17.6 Å². The Morgan fingerprint density at radius 2 is 1.92 bits per heavy atom. The highest BCUT2D eigenvalue weighted by Gasteiger charge is 2.38. The molecule has 2 aliphatic rings. The number of nitrogens with zero attached hydrogens (tertiary/aromatic N) is 4. The van der Waals surface area contributed by atoms with Gasteiger partial charge in [0.1, 0.15) is 0 Å². The fraction of sp³-hybridized carbons (Fsp3) is 0.647. The summed E-state index contributed by atoms with van der Waals surface area (Å²) in [6, 6.07) is 0.218. The number of carbonyl (C=O) groups is 3. The first-order valence-electron chi connectivity index (χ1n) is 8.79. The largest absolute Gasteiger partial charge is 0.369 e. The summed E-state index contributed by atoms with van der Waals surface area (Å²) in [6.45, 7) is 5.48. The van der Waals surface area contributed by atoms with Crippen molar-refractivity contribution in [3.8, 4) is 0 Å². The number of amides is 3. The predicted molar refractivity (Wildman–Crippen MR) is 91.6 cm³/mol. The van der Waals surface area contributed by atoms with E-state index in [1.807, 2.05) is 20.0 Å². The standard InChI is InChI=1S/C17H25N5O3/c1-11(2)22-10-14(8-19-22)21-9-13(7-15(21)23)17(25)20-5-3-12(4-6-20)16(18)24/h8,10-13H,3-7,9H2,1-2H3,(H2,18,24)/t13-/m1/s1. The lowest BCUT2D eigenvalue weighted by Crippen LogP contribution is -2.44. The average Bonchev–Trinajstić information content (AvgIpc) is 3.21. The second-order valence-electron chi connectivity index (χ2n) is 7.18. The molecule has 0 aromatic carbocycles. The Morgan fingerprint density at radius 1 is 1.24 bits per heavy atom. The Hall–Kier alpha value is -2.38. The van der Waals surface area contributed by atoms with Gasteiger partial charge in [-0.3, -0.25) is 19.1 Å². The topological polar surface area (TPSA) is 102 Å². The van der Waals surface area contributed by atoms with Gasteiger partial charge < -0.3 is 15.5 Å². The number of likely N-dealkylation sites (tertiary alicyclic amines) is 1. The van der Waals surface area contributed by atoms with Crippen LogP contribution >= 0.6 is 0 Å². The molecule has 1 aromatic rings. The number of primary amides is 1. The van der Waals surface area contributed by atoms with E-state index >= 15 is 0 Å². The molecule has 0 unspecified atom stereocenters. The van der Waals surface area contributed by atoms with Crippen molar-refractivity contribution in [1.82, 2.24) is 14.7 Å². The van der Waals surface area contributed by atoms with Crippen molar-refractivity contribution in [2.45, 2.75) is 39.2 Å². The molecule has 0 spiro atoms. The van der Waals surface area contributed by atoms with E-state index in [0.29, 0.717) is 32.5 Å². The van der Waals surface area contributed by atoms with Gasteiger partial charge in [-0.25, -0.2) is 0 Å². The van der Waals surface area contributed by atoms with Crippen LogP contribution in [0.1, 0.15) is 39.2 Å². The summed E-state index contributed by atoms with van der Waals surface area (Å²) >= 11 is 0. The first kappa shape index (κ1) is 17.4. The zero-order chi connectivity index (χ0) is 18.1. The van der Waals surface area contributed by atoms with Crippen molar-refractivity contribution in [1.29, 1.82) is 0 Å². The van der Waals surface area contributed by atoms with Gasteiger partial charge in [0, 0.05) is 44.2 Å². The fourth-order valence-electron chi connectivity index (χ4n) is 3.51. The molecule has 8 heteroatoms. The summed E-state index contributed by atoms with van der Waals surface area (Å²) in [5.74, 6) is -0.826. The smallest absolute Gasteiger partial charge is 0.228 e. The van der Waals surface area contributed by atoms with E-state index < -0.39 is 0 Å². The van der Waals surface area contributed by atoms with Gasteiger partial charge in [0.2, 0.25) is 17.7 Å². The maximum absolute atomic E-state index is 12.7. The van der Waals surface area contributed by atoms with Gasteiger partial charge in [0.15, 0.2) is 0 Å². The van der Waals surface area contributed by atoms with Gasteiger partial charge >= 0.3 is 0 Å². The maximum Gasteiger partial charge on any atom is 0.228 e. The summed E-state index contributed by atoms with van der Waals surface area (Å²) in [5.41, 5.74) is 6.07. The minimum absolute atomic E-state index is 0.00461. The van der Waals surface area contributed by atoms with Crippen LogP contribution in [0.15, 0.2) is 12.4 Å². The molecule has 1 atom stereocenters. The Bertz CT molecular complexity index is 676. The van der Waals surface area contributed by atoms with Crippen LogP contribution in [-0.4, -0.2) is 52.0 Å². The lowest BCUT2D eigenvalue weighted by Gasteiger charge is -2.32. The third kappa shape index (κ3) is 3.52. The molecular weight excluding hydrogens is 322 g/mol. The third-order valence-electron chi connectivity index (χ3n) is 5.11. The molecule has 0 aliphatic carbocycles. The second kappa shape index (κ2) is 6.85. The van der Waals surface area contributed by atoms with E-state index in [-0.39, 0.29) is 42.0 Å². The van der Waals surface area contributed by atoms with Crippen molar-refractivity contribution < 1.29 is 14.4 Å². The van der Waals surface area contributed by atoms with Gasteiger partial charge in [-0.15, -0.1) is 0 Å². The Labute approximate surface area is 146 Å². The first-order chi connectivity index (χ1) is 11.9. The molecule has 2 fully saturated rings. The predicted octanol–water partition coefficient (Wildman–Crippen LogP) is 0.541. The molecule has 0 bridgehead atoms. The number of nitrogens with two attached hydrogens (primary N) is 1. The van der Waals surface area contributed by atoms with Gasteiger partial charge in [0.25, 0.3) is 0 Å². The summed E-state index contributed by atoms with van der Waals surface area (Å²) in [7, 11) is 0. The molecule has 136 valence electrons. The molecule has 8 nitrogen and oxygen atoms in total. The molecule has 25 heavy (non-hydrogen) atoms. The van der Waals surface area contributed by atoms with Crippen molar-refractivity contribution in [3.05, 3.63) is 12.4 Å². The number of hydrogen-bond donors (Lipinski definition) is 1. The maximum atomic E-state index is 12.7. The van der Waals surface area contributed by atoms with Gasteiger partial charge in [-0.1, -0.05) is 0 Å². The van der Waals surface area contributed by atoms with E-state index in [2.05, 4.69) is 5.10 Å². The summed E-state index contributed by atoms with van der Waals surface area (Å²) in [4.78, 5) is 39.7. The minimum atomic E-state index is -0.333. The monoisotopic (exact) mass is 347 g/mol. The molecule has 1 aromatic heterocycles. The van der Waals surface area contributed by atoms with Crippen LogP contribution in [0.25, 0.3) is 0 Å². The lowest BCUT2D eigenvalue weighted by molar-refractivity contribution is -0.138. The quantitative estimate of drug-likeness (QED) is 0.859. The van der Waals surface area contributed by atoms with Gasteiger partial charge in [0.05, 0.1) is 17.8 Å². The fourth-order valence-corrected chi connectivity index (χ4v) is 3.51. The van der Waals surface area contributed by atoms with Crippen LogP contribution in [0.3, 0.4) is 0 Å². The molecule has 3 amide bonds. The molecule has 2 N–H and O–H groups in total. The Kier molecular flexibility index (Phi) is 4.78. The zero-order valence-corrected chi connectivity index (χ0v) is 14.7. The number of hydrogen-bond acceptors (Lipinski definition) is 4. The normalized spacial score (nSPS) is 22.0. The molecule has 3 rings (SSSR count). The number of rotatable bonds is 4. The minimum Gasteiger partial charge on any atom is -0.369 e. The van der Waals surface area contributed by atoms with E-state index in [0.717, 1.165) is 5.69 Å². The van der Waals surface area contributed by atoms with Crippen LogP contribution in [0, 0.1) is 11.8 Å². The van der Waals surface area contributed by atoms with Crippen LogP contribution < -0.4 is 10.6 Å². The Morgan fingerprint density at radius 3 is 2.48 bits per heavy atom. The van der Waals surface area contributed by atoms with Crippen LogP contribution in [0.4, 0.5) is 5.69 Å². The van der Waals surface area contributed by atoms with E-state index in [1.54, 1.807) is 20.7 Å². The van der Waals surface area contributed by atoms with Gasteiger partial charge in [-0.05, 0) is 26.7 Å². The summed E-state index contributed by atoms with van der Waals surface area (Å²) < 4.78 is 1.80. The molecule has 2 saturated heterocycles. The Balaban J connectivity index is 1.62. The zero-order valence-electron chi connectivity index (χ0n) is 14.7. The van der Waals surface area contributed by atoms with E-state index in [4.69, 9.17) is 5.73 Å². The third-order valence-corrected chi connectivity index (χ3v) is 5.11. The lowest BCUT2D eigenvalue weighted by atomic mass is 9.95. The first-order valence-corrected chi connectivity index (χ1v) is 8.79. The highest BCUT2D eigenvalue weighted by atomic mass is 16.2.